The summed E-state index contributed by atoms with van der Waals surface area (Å²) in [5.41, 5.74) is -3.49. The van der Waals surface area contributed by atoms with E-state index in [0.29, 0.717) is 11.3 Å². The zero-order valence-corrected chi connectivity index (χ0v) is 14.9. The number of imide groups is 1. The highest BCUT2D eigenvalue weighted by atomic mass is 32.2. The molecule has 6 nitrogen and oxygen atoms in total. The summed E-state index contributed by atoms with van der Waals surface area (Å²) >= 11 is -0.259. The Morgan fingerprint density at radius 3 is 2.52 bits per heavy atom. The number of ether oxygens (including phenoxy) is 1. The Balaban J connectivity index is 1.76. The maximum Gasteiger partial charge on any atom is 0.446 e. The Morgan fingerprint density at radius 1 is 1.19 bits per heavy atom. The molecule has 0 aliphatic carbocycles. The van der Waals surface area contributed by atoms with E-state index >= 15 is 0 Å². The molecule has 1 fully saturated rings. The molecule has 0 unspecified atom stereocenters. The van der Waals surface area contributed by atoms with Crippen molar-refractivity contribution in [1.82, 2.24) is 9.88 Å². The lowest BCUT2D eigenvalue weighted by Gasteiger charge is -2.18. The van der Waals surface area contributed by atoms with Gasteiger partial charge < -0.3 is 9.64 Å². The lowest BCUT2D eigenvalue weighted by atomic mass is 10.2. The topological polar surface area (TPSA) is 62.7 Å². The molecule has 10 heteroatoms. The summed E-state index contributed by atoms with van der Waals surface area (Å²) in [6.07, 6.45) is 3.06. The standard InChI is InChI=1S/C17H14F3N3O3S/c1-26-14-8-21-7-6-11(14)9-22-10-15(24)23(16(22)25)12-2-4-13(5-3-12)27-17(18,19)20/h2-8H,9-10H2,1H3. The van der Waals surface area contributed by atoms with E-state index in [-0.39, 0.29) is 35.4 Å². The number of halogens is 3. The third-order valence-electron chi connectivity index (χ3n) is 3.82. The van der Waals surface area contributed by atoms with Crippen molar-refractivity contribution in [1.29, 1.82) is 0 Å². The van der Waals surface area contributed by atoms with Crippen LogP contribution in [0.4, 0.5) is 23.7 Å². The smallest absolute Gasteiger partial charge is 0.446 e. The van der Waals surface area contributed by atoms with Crippen molar-refractivity contribution in [2.75, 3.05) is 18.6 Å². The van der Waals surface area contributed by atoms with E-state index in [1.807, 2.05) is 0 Å². The van der Waals surface area contributed by atoms with Crippen molar-refractivity contribution < 1.29 is 27.5 Å². The first-order valence-electron chi connectivity index (χ1n) is 7.73. The van der Waals surface area contributed by atoms with Crippen LogP contribution in [0.5, 0.6) is 5.75 Å². The molecule has 0 N–H and O–H groups in total. The third kappa shape index (κ3) is 4.33. The number of urea groups is 1. The molecule has 1 aromatic heterocycles. The summed E-state index contributed by atoms with van der Waals surface area (Å²) in [5, 5.41) is 0. The van der Waals surface area contributed by atoms with E-state index in [4.69, 9.17) is 4.74 Å². The number of hydrogen-bond acceptors (Lipinski definition) is 5. The van der Waals surface area contributed by atoms with Crippen LogP contribution in [-0.4, -0.2) is 41.0 Å². The summed E-state index contributed by atoms with van der Waals surface area (Å²) in [6, 6.07) is 6.23. The van der Waals surface area contributed by atoms with Gasteiger partial charge in [0.05, 0.1) is 25.5 Å². The van der Waals surface area contributed by atoms with E-state index in [1.54, 1.807) is 12.3 Å². The Morgan fingerprint density at radius 2 is 1.89 bits per heavy atom. The average molecular weight is 397 g/mol. The highest BCUT2D eigenvalue weighted by Crippen LogP contribution is 2.37. The number of carbonyl (C=O) groups is 2. The molecule has 1 aliphatic heterocycles. The fourth-order valence-corrected chi connectivity index (χ4v) is 3.19. The van der Waals surface area contributed by atoms with Crippen LogP contribution in [0.15, 0.2) is 47.6 Å². The van der Waals surface area contributed by atoms with Gasteiger partial charge in [0.1, 0.15) is 12.3 Å². The first kappa shape index (κ1) is 19.0. The van der Waals surface area contributed by atoms with Crippen LogP contribution in [0.25, 0.3) is 0 Å². The summed E-state index contributed by atoms with van der Waals surface area (Å²) in [5.74, 6) is 0.0361. The van der Waals surface area contributed by atoms with Gasteiger partial charge in [-0.1, -0.05) is 0 Å². The molecule has 3 amide bonds. The Bertz CT molecular complexity index is 858. The van der Waals surface area contributed by atoms with Gasteiger partial charge in [0.25, 0.3) is 5.91 Å². The lowest BCUT2D eigenvalue weighted by Crippen LogP contribution is -2.32. The van der Waals surface area contributed by atoms with E-state index < -0.39 is 17.4 Å². The predicted molar refractivity (Wildman–Crippen MR) is 92.4 cm³/mol. The number of thioether (sulfide) groups is 1. The fourth-order valence-electron chi connectivity index (χ4n) is 2.65. The number of aromatic nitrogens is 1. The highest BCUT2D eigenvalue weighted by molar-refractivity contribution is 8.00. The van der Waals surface area contributed by atoms with Crippen molar-refractivity contribution in [3.8, 4) is 5.75 Å². The number of rotatable bonds is 5. The minimum Gasteiger partial charge on any atom is -0.495 e. The summed E-state index contributed by atoms with van der Waals surface area (Å²) in [7, 11) is 1.48. The van der Waals surface area contributed by atoms with Crippen molar-refractivity contribution in [2.24, 2.45) is 0 Å². The van der Waals surface area contributed by atoms with Crippen LogP contribution >= 0.6 is 11.8 Å². The van der Waals surface area contributed by atoms with Crippen molar-refractivity contribution >= 4 is 29.4 Å². The van der Waals surface area contributed by atoms with Crippen LogP contribution in [0, 0.1) is 0 Å². The van der Waals surface area contributed by atoms with Gasteiger partial charge in [0, 0.05) is 16.7 Å². The minimum absolute atomic E-state index is 0.0243. The molecule has 0 spiro atoms. The van der Waals surface area contributed by atoms with E-state index in [1.165, 1.54) is 42.5 Å². The third-order valence-corrected chi connectivity index (χ3v) is 4.56. The molecule has 1 aromatic carbocycles. The van der Waals surface area contributed by atoms with Gasteiger partial charge in [-0.3, -0.25) is 9.78 Å². The molecule has 1 saturated heterocycles. The Kier molecular flexibility index (Phi) is 5.26. The number of hydrogen-bond donors (Lipinski definition) is 0. The van der Waals surface area contributed by atoms with Crippen molar-refractivity contribution in [3.05, 3.63) is 48.3 Å². The molecule has 142 valence electrons. The van der Waals surface area contributed by atoms with Crippen molar-refractivity contribution in [2.45, 2.75) is 16.9 Å². The molecule has 2 aromatic rings. The van der Waals surface area contributed by atoms with Gasteiger partial charge in [0.15, 0.2) is 0 Å². The van der Waals surface area contributed by atoms with Gasteiger partial charge in [-0.25, -0.2) is 9.69 Å². The van der Waals surface area contributed by atoms with Crippen LogP contribution in [0.2, 0.25) is 0 Å². The first-order chi connectivity index (χ1) is 12.8. The van der Waals surface area contributed by atoms with Gasteiger partial charge in [0.2, 0.25) is 0 Å². The molecule has 1 aliphatic rings. The monoisotopic (exact) mass is 397 g/mol. The number of amides is 3. The second kappa shape index (κ2) is 7.47. The molecule has 27 heavy (non-hydrogen) atoms. The molecular formula is C17H14F3N3O3S. The van der Waals surface area contributed by atoms with Gasteiger partial charge in [-0.05, 0) is 42.1 Å². The zero-order valence-electron chi connectivity index (χ0n) is 14.1. The quantitative estimate of drug-likeness (QED) is 0.569. The van der Waals surface area contributed by atoms with E-state index in [0.717, 1.165) is 4.90 Å². The Labute approximate surface area is 156 Å². The predicted octanol–water partition coefficient (Wildman–Crippen LogP) is 3.67. The highest BCUT2D eigenvalue weighted by Gasteiger charge is 2.37. The van der Waals surface area contributed by atoms with Crippen LogP contribution < -0.4 is 9.64 Å². The maximum absolute atomic E-state index is 12.6. The SMILES string of the molecule is COc1cnccc1CN1CC(=O)N(c2ccc(SC(F)(F)F)cc2)C1=O. The molecule has 2 heterocycles. The second-order valence-electron chi connectivity index (χ2n) is 5.60. The van der Waals surface area contributed by atoms with E-state index in [9.17, 15) is 22.8 Å². The number of carbonyl (C=O) groups excluding carboxylic acids is 2. The van der Waals surface area contributed by atoms with Crippen LogP contribution in [0.3, 0.4) is 0 Å². The van der Waals surface area contributed by atoms with Gasteiger partial charge in [-0.2, -0.15) is 13.2 Å². The number of anilines is 1. The summed E-state index contributed by atoms with van der Waals surface area (Å²) in [6.45, 7) is 0.0120. The maximum atomic E-state index is 12.6. The zero-order chi connectivity index (χ0) is 19.6. The number of benzene rings is 1. The van der Waals surface area contributed by atoms with Crippen LogP contribution in [-0.2, 0) is 11.3 Å². The largest absolute Gasteiger partial charge is 0.495 e. The Hall–Kier alpha value is -2.75. The fraction of sp³-hybridized carbons (Fsp3) is 0.235. The van der Waals surface area contributed by atoms with E-state index in [2.05, 4.69) is 4.98 Å². The molecule has 0 radical (unpaired) electrons. The number of alkyl halides is 3. The number of methoxy groups -OCH3 is 1. The van der Waals surface area contributed by atoms with Gasteiger partial charge in [-0.15, -0.1) is 0 Å². The molecule has 3 rings (SSSR count). The first-order valence-corrected chi connectivity index (χ1v) is 8.54. The average Bonchev–Trinajstić information content (AvgIpc) is 2.88. The molecular weight excluding hydrogens is 383 g/mol. The summed E-state index contributed by atoms with van der Waals surface area (Å²) < 4.78 is 42.4. The van der Waals surface area contributed by atoms with Crippen LogP contribution in [0.1, 0.15) is 5.56 Å². The molecule has 0 atom stereocenters. The number of nitrogens with zero attached hydrogens (tertiary/aromatic N) is 3. The minimum atomic E-state index is -4.40. The summed E-state index contributed by atoms with van der Waals surface area (Å²) in [4.78, 5) is 31.1. The molecule has 0 saturated carbocycles. The lowest BCUT2D eigenvalue weighted by molar-refractivity contribution is -0.116. The normalized spacial score (nSPS) is 14.8. The van der Waals surface area contributed by atoms with Crippen molar-refractivity contribution in [3.63, 3.8) is 0 Å². The van der Waals surface area contributed by atoms with Gasteiger partial charge >= 0.3 is 11.5 Å². The number of pyridine rings is 1. The molecule has 0 bridgehead atoms. The second-order valence-corrected chi connectivity index (χ2v) is 6.74.